The fourth-order valence-electron chi connectivity index (χ4n) is 4.75. The molecule has 0 bridgehead atoms. The minimum absolute atomic E-state index is 0. The van der Waals surface area contributed by atoms with E-state index in [1.54, 1.807) is 30.3 Å². The topological polar surface area (TPSA) is 318 Å². The second-order valence-corrected chi connectivity index (χ2v) is 15.5. The second-order valence-electron chi connectivity index (χ2n) is 11.3. The molecule has 6 rings (SSSR count). The van der Waals surface area contributed by atoms with Gasteiger partial charge in [0.05, 0.1) is 9.79 Å². The predicted octanol–water partition coefficient (Wildman–Crippen LogP) is -8.38. The number of halogens is 2. The summed E-state index contributed by atoms with van der Waals surface area (Å²) in [6.45, 7) is 0. The van der Waals surface area contributed by atoms with Crippen molar-refractivity contribution in [1.29, 1.82) is 0 Å². The number of nitrogens with one attached hydrogen (secondary N) is 2. The van der Waals surface area contributed by atoms with Gasteiger partial charge in [-0.2, -0.15) is 43.7 Å². The molecule has 0 aliphatic heterocycles. The normalized spacial score (nSPS) is 10.4. The third kappa shape index (κ3) is 22.6. The Balaban J connectivity index is 0.00000306. The standard InChI is InChI=1S/C34H24Cl2N8O6S2.4Na.2O3S/c35-31-39-29(41-33(43-31)37-25-4-2-1-3-5-25)18-22-8-6-21(7-9-22)10-13-24-14-15-26(20-28(24)52(48,49)50)38-34-42-30(40-32(36)44-34)19-23-11-16-27(17-12-23)51(45,46)47;;;;;2*1-4(2)3/h2-6,8-17,20H,18-19H2,(H,45,46,47)(H,48,49,50)(H,37,39,41,43)(H,38,40,42,44);;;;;;/q-2;4*+1;;/p-2/b13-10+;;;;;;. The number of benzene rings is 4. The molecule has 2 aromatic heterocycles. The van der Waals surface area contributed by atoms with Crippen molar-refractivity contribution >= 4 is 100 Å². The van der Waals surface area contributed by atoms with Gasteiger partial charge in [-0.15, -0.1) is 73.3 Å². The van der Waals surface area contributed by atoms with E-state index in [9.17, 15) is 25.9 Å². The van der Waals surface area contributed by atoms with E-state index in [1.165, 1.54) is 42.5 Å². The van der Waals surface area contributed by atoms with Crippen molar-refractivity contribution < 1.29 is 169 Å². The van der Waals surface area contributed by atoms with Crippen molar-refractivity contribution in [2.45, 2.75) is 22.6 Å². The molecule has 4 aromatic carbocycles. The molecule has 0 aliphatic carbocycles. The van der Waals surface area contributed by atoms with Gasteiger partial charge in [-0.25, -0.2) is 26.8 Å². The van der Waals surface area contributed by atoms with Gasteiger partial charge >= 0.3 is 139 Å². The minimum Gasteiger partial charge on any atom is -0.744 e. The van der Waals surface area contributed by atoms with Gasteiger partial charge < -0.3 is 19.7 Å². The van der Waals surface area contributed by atoms with E-state index in [-0.39, 0.29) is 163 Å². The largest absolute Gasteiger partial charge is 1.00 e. The van der Waals surface area contributed by atoms with Crippen LogP contribution in [-0.2, 0) is 54.3 Å². The smallest absolute Gasteiger partial charge is 0.744 e. The average Bonchev–Trinajstić information content (AvgIpc) is 3.14. The molecule has 20 nitrogen and oxygen atoms in total. The Morgan fingerprint density at radius 3 is 1.55 bits per heavy atom. The third-order valence-corrected chi connectivity index (χ3v) is 9.18. The Kier molecular flexibility index (Phi) is 28.6. The zero-order valence-electron chi connectivity index (χ0n) is 33.6. The van der Waals surface area contributed by atoms with Gasteiger partial charge in [0.25, 0.3) is 0 Å². The maximum absolute atomic E-state index is 12.3. The van der Waals surface area contributed by atoms with E-state index in [0.29, 0.717) is 29.3 Å². The molecule has 64 heavy (non-hydrogen) atoms. The first-order valence-electron chi connectivity index (χ1n) is 15.9. The van der Waals surface area contributed by atoms with Crippen LogP contribution < -0.4 is 129 Å². The first kappa shape index (κ1) is 61.9. The van der Waals surface area contributed by atoms with Crippen LogP contribution in [0.25, 0.3) is 12.2 Å². The van der Waals surface area contributed by atoms with Crippen LogP contribution in [0.1, 0.15) is 33.9 Å². The van der Waals surface area contributed by atoms with Crippen molar-refractivity contribution in [3.05, 3.63) is 142 Å². The molecule has 0 saturated carbocycles. The molecule has 0 radical (unpaired) electrons. The van der Waals surface area contributed by atoms with E-state index >= 15 is 0 Å². The molecular formula is C34H22Cl2N8Na4O12S4. The maximum atomic E-state index is 12.3. The van der Waals surface area contributed by atoms with E-state index in [4.69, 9.17) is 48.5 Å². The summed E-state index contributed by atoms with van der Waals surface area (Å²) >= 11 is 12.2. The summed E-state index contributed by atoms with van der Waals surface area (Å²) in [5.74, 6) is 0.879. The predicted molar refractivity (Wildman–Crippen MR) is 210 cm³/mol. The van der Waals surface area contributed by atoms with Crippen molar-refractivity contribution in [3.63, 3.8) is 0 Å². The van der Waals surface area contributed by atoms with Crippen LogP contribution in [0.2, 0.25) is 10.6 Å². The number of aromatic nitrogens is 6. The molecule has 0 spiro atoms. The summed E-state index contributed by atoms with van der Waals surface area (Å²) in [5, 5.41) is 5.76. The summed E-state index contributed by atoms with van der Waals surface area (Å²) < 4.78 is 121. The molecule has 0 aliphatic rings. The van der Waals surface area contributed by atoms with Gasteiger partial charge in [-0.3, -0.25) is 0 Å². The van der Waals surface area contributed by atoms with Crippen LogP contribution in [0.15, 0.2) is 94.7 Å². The Labute approximate surface area is 467 Å². The molecule has 30 heteroatoms. The fraction of sp³-hybridized carbons (Fsp3) is 0.0588. The molecule has 312 valence electrons. The molecule has 0 fully saturated rings. The van der Waals surface area contributed by atoms with Crippen LogP contribution >= 0.6 is 23.2 Å². The number of anilines is 4. The second kappa shape index (κ2) is 29.6. The average molecular weight is 1030 g/mol. The van der Waals surface area contributed by atoms with Crippen LogP contribution in [-0.4, -0.2) is 81.1 Å². The molecule has 0 atom stereocenters. The van der Waals surface area contributed by atoms with Crippen LogP contribution in [0.5, 0.6) is 0 Å². The van der Waals surface area contributed by atoms with Gasteiger partial charge in [0, 0.05) is 12.1 Å². The first-order chi connectivity index (χ1) is 28.2. The molecular weight excluding hydrogens is 1000 g/mol. The van der Waals surface area contributed by atoms with Gasteiger partial charge in [-0.1, -0.05) is 30.0 Å². The Morgan fingerprint density at radius 2 is 1.08 bits per heavy atom. The van der Waals surface area contributed by atoms with E-state index in [1.807, 2.05) is 18.2 Å². The summed E-state index contributed by atoms with van der Waals surface area (Å²) in [4.78, 5) is 24.2. The summed E-state index contributed by atoms with van der Waals surface area (Å²) in [7, 11) is -15.7. The van der Waals surface area contributed by atoms with E-state index < -0.39 is 46.3 Å². The van der Waals surface area contributed by atoms with Crippen molar-refractivity contribution in [3.8, 4) is 0 Å². The van der Waals surface area contributed by atoms with Crippen LogP contribution in [0.4, 0.5) is 23.3 Å². The van der Waals surface area contributed by atoms with Crippen molar-refractivity contribution in [1.82, 2.24) is 29.9 Å². The Hall–Kier alpha value is -2.12. The number of rotatable bonds is 12. The Morgan fingerprint density at radius 1 is 0.594 bits per heavy atom. The summed E-state index contributed by atoms with van der Waals surface area (Å²) in [5.41, 5.74) is 3.09. The van der Waals surface area contributed by atoms with Crippen molar-refractivity contribution in [2.24, 2.45) is 0 Å². The third-order valence-electron chi connectivity index (χ3n) is 7.10. The minimum atomic E-state index is -4.92. The molecule has 0 amide bonds. The maximum Gasteiger partial charge on any atom is 1.00 e. The first-order valence-corrected chi connectivity index (χ1v) is 21.5. The van der Waals surface area contributed by atoms with Gasteiger partial charge in [0.2, 0.25) is 22.5 Å². The number of nitrogens with zero attached hydrogens (tertiary/aromatic N) is 6. The molecule has 2 heterocycles. The SMILES string of the molecule is O=S(=O)([O-])c1ccc(Cc2nc(Cl)nc(Nc3ccc(/C=C/c4[c-]cc(Cc5nc(Cl)nc(Nc6cc[c-]cc6)n5)cc4)c(S(=O)(=O)[O-])c3)n2)cc1.O=S(=O)=O.O=S(=O)=O.[Na+].[Na+].[Na+].[Na+]. The van der Waals surface area contributed by atoms with Crippen LogP contribution in [0, 0.1) is 12.1 Å². The fourth-order valence-corrected chi connectivity index (χ4v) is 6.27. The quantitative estimate of drug-likeness (QED) is 0.0498. The van der Waals surface area contributed by atoms with E-state index in [2.05, 4.69) is 52.7 Å². The van der Waals surface area contributed by atoms with Gasteiger partial charge in [-0.05, 0) is 65.0 Å². The van der Waals surface area contributed by atoms with Crippen LogP contribution in [0.3, 0.4) is 0 Å². The Bertz CT molecular complexity index is 2950. The summed E-state index contributed by atoms with van der Waals surface area (Å²) in [6, 6.07) is 27.8. The molecule has 0 saturated heterocycles. The molecule has 2 N–H and O–H groups in total. The molecule has 6 aromatic rings. The van der Waals surface area contributed by atoms with E-state index in [0.717, 1.165) is 17.3 Å². The summed E-state index contributed by atoms with van der Waals surface area (Å²) in [6.07, 6.45) is 3.53. The monoisotopic (exact) mass is 1020 g/mol. The van der Waals surface area contributed by atoms with Gasteiger partial charge in [0.1, 0.15) is 31.9 Å². The number of hydrogen-bond donors (Lipinski definition) is 2. The van der Waals surface area contributed by atoms with Gasteiger partial charge in [0.15, 0.2) is 0 Å². The molecule has 0 unspecified atom stereocenters. The zero-order chi connectivity index (χ0) is 44.0. The number of hydrogen-bond acceptors (Lipinski definition) is 20. The van der Waals surface area contributed by atoms with Crippen molar-refractivity contribution in [2.75, 3.05) is 10.6 Å². The zero-order valence-corrected chi connectivity index (χ0v) is 46.4.